The second-order valence-electron chi connectivity index (χ2n) is 5.59. The average Bonchev–Trinajstić information content (AvgIpc) is 2.95. The third kappa shape index (κ3) is 3.66. The van der Waals surface area contributed by atoms with E-state index in [1.54, 1.807) is 28.8 Å². The topological polar surface area (TPSA) is 71.8 Å². The second kappa shape index (κ2) is 6.50. The van der Waals surface area contributed by atoms with E-state index in [0.29, 0.717) is 17.3 Å². The summed E-state index contributed by atoms with van der Waals surface area (Å²) >= 11 is 0. The fourth-order valence-corrected chi connectivity index (χ4v) is 2.66. The predicted molar refractivity (Wildman–Crippen MR) is 80.2 cm³/mol. The third-order valence-electron chi connectivity index (χ3n) is 3.94. The molecule has 9 heteroatoms. The summed E-state index contributed by atoms with van der Waals surface area (Å²) in [6.07, 6.45) is -4.39. The van der Waals surface area contributed by atoms with Crippen molar-refractivity contribution in [2.45, 2.75) is 32.1 Å². The van der Waals surface area contributed by atoms with Crippen molar-refractivity contribution >= 4 is 11.7 Å². The highest BCUT2D eigenvalue weighted by atomic mass is 19.4. The van der Waals surface area contributed by atoms with Crippen LogP contribution in [-0.2, 0) is 19.5 Å². The zero-order valence-corrected chi connectivity index (χ0v) is 12.7. The molecule has 1 aliphatic heterocycles. The zero-order chi connectivity index (χ0) is 17.2. The van der Waals surface area contributed by atoms with E-state index in [0.717, 1.165) is 0 Å². The van der Waals surface area contributed by atoms with Crippen molar-refractivity contribution in [2.75, 3.05) is 5.32 Å². The van der Waals surface area contributed by atoms with E-state index in [1.165, 1.54) is 0 Å². The van der Waals surface area contributed by atoms with Gasteiger partial charge in [-0.3, -0.25) is 0 Å². The minimum atomic E-state index is -4.22. The molecule has 0 saturated carbocycles. The number of carbonyl (C=O) groups is 1. The first-order chi connectivity index (χ1) is 11.4. The van der Waals surface area contributed by atoms with Gasteiger partial charge in [-0.25, -0.2) is 4.79 Å². The summed E-state index contributed by atoms with van der Waals surface area (Å²) in [6.45, 7) is 0.298. The normalized spacial score (nSPS) is 17.2. The Morgan fingerprint density at radius 3 is 2.71 bits per heavy atom. The van der Waals surface area contributed by atoms with Gasteiger partial charge in [0.1, 0.15) is 5.82 Å². The summed E-state index contributed by atoms with van der Waals surface area (Å²) in [5.41, 5.74) is 0.645. The van der Waals surface area contributed by atoms with Crippen LogP contribution >= 0.6 is 0 Å². The monoisotopic (exact) mass is 339 g/mol. The number of hydrogen-bond acceptors (Lipinski definition) is 3. The number of carbonyl (C=O) groups excluding carboxylic acids is 1. The number of benzene rings is 1. The quantitative estimate of drug-likeness (QED) is 0.903. The number of para-hydroxylation sites is 1. The lowest BCUT2D eigenvalue weighted by Crippen LogP contribution is -2.33. The van der Waals surface area contributed by atoms with Crippen molar-refractivity contribution in [2.24, 2.45) is 5.92 Å². The van der Waals surface area contributed by atoms with Crippen LogP contribution in [0.2, 0.25) is 0 Å². The first-order valence-electron chi connectivity index (χ1n) is 7.51. The van der Waals surface area contributed by atoms with Crippen LogP contribution in [0.1, 0.15) is 18.1 Å². The van der Waals surface area contributed by atoms with Crippen molar-refractivity contribution in [1.29, 1.82) is 0 Å². The number of fused-ring (bicyclic) bond motifs is 1. The molecule has 3 rings (SSSR count). The Hall–Kier alpha value is -2.58. The van der Waals surface area contributed by atoms with Crippen molar-refractivity contribution in [3.8, 4) is 0 Å². The zero-order valence-electron chi connectivity index (χ0n) is 12.7. The van der Waals surface area contributed by atoms with E-state index in [4.69, 9.17) is 0 Å². The number of rotatable bonds is 3. The van der Waals surface area contributed by atoms with Gasteiger partial charge < -0.3 is 15.2 Å². The lowest BCUT2D eigenvalue weighted by Gasteiger charge is -2.25. The molecular formula is C15H16F3N5O. The molecule has 2 N–H and O–H groups in total. The molecule has 0 saturated heterocycles. The standard InChI is InChI=1S/C15H16F3N5O/c16-15(17,18)10-6-7-23-12(8-10)21-22-13(23)9-19-14(24)20-11-4-2-1-3-5-11/h1-5,10H,6-9H2,(H2,19,20,24)/t10-/m0/s1. The van der Waals surface area contributed by atoms with Crippen LogP contribution in [0.25, 0.3) is 0 Å². The second-order valence-corrected chi connectivity index (χ2v) is 5.59. The first-order valence-corrected chi connectivity index (χ1v) is 7.51. The lowest BCUT2D eigenvalue weighted by molar-refractivity contribution is -0.179. The molecule has 6 nitrogen and oxygen atoms in total. The number of halogens is 3. The predicted octanol–water partition coefficient (Wildman–Crippen LogP) is 2.72. The maximum absolute atomic E-state index is 12.8. The smallest absolute Gasteiger partial charge is 0.331 e. The Morgan fingerprint density at radius 2 is 2.00 bits per heavy atom. The number of alkyl halides is 3. The van der Waals surface area contributed by atoms with Crippen LogP contribution in [0.3, 0.4) is 0 Å². The molecule has 24 heavy (non-hydrogen) atoms. The summed E-state index contributed by atoms with van der Waals surface area (Å²) in [6, 6.07) is 8.50. The molecule has 0 bridgehead atoms. The third-order valence-corrected chi connectivity index (χ3v) is 3.94. The van der Waals surface area contributed by atoms with Gasteiger partial charge in [0, 0.05) is 18.7 Å². The van der Waals surface area contributed by atoms with Crippen LogP contribution in [0.4, 0.5) is 23.7 Å². The Labute approximate surface area is 136 Å². The number of anilines is 1. The fourth-order valence-electron chi connectivity index (χ4n) is 2.66. The van der Waals surface area contributed by atoms with Gasteiger partial charge in [-0.15, -0.1) is 10.2 Å². The van der Waals surface area contributed by atoms with E-state index in [-0.39, 0.29) is 25.9 Å². The van der Waals surface area contributed by atoms with Crippen LogP contribution < -0.4 is 10.6 Å². The largest absolute Gasteiger partial charge is 0.392 e. The summed E-state index contributed by atoms with van der Waals surface area (Å²) in [7, 11) is 0. The summed E-state index contributed by atoms with van der Waals surface area (Å²) in [5.74, 6) is -0.617. The summed E-state index contributed by atoms with van der Waals surface area (Å²) in [4.78, 5) is 11.8. The van der Waals surface area contributed by atoms with Crippen LogP contribution in [0.5, 0.6) is 0 Å². The lowest BCUT2D eigenvalue weighted by atomic mass is 9.97. The van der Waals surface area contributed by atoms with Gasteiger partial charge in [0.05, 0.1) is 12.5 Å². The molecule has 2 heterocycles. The van der Waals surface area contributed by atoms with Crippen molar-refractivity contribution < 1.29 is 18.0 Å². The van der Waals surface area contributed by atoms with Crippen molar-refractivity contribution in [3.05, 3.63) is 42.0 Å². The van der Waals surface area contributed by atoms with Gasteiger partial charge >= 0.3 is 12.2 Å². The molecule has 0 spiro atoms. The summed E-state index contributed by atoms with van der Waals surface area (Å²) < 4.78 is 40.0. The molecule has 0 unspecified atom stereocenters. The van der Waals surface area contributed by atoms with E-state index < -0.39 is 18.1 Å². The van der Waals surface area contributed by atoms with Crippen molar-refractivity contribution in [1.82, 2.24) is 20.1 Å². The SMILES string of the molecule is O=C(NCc1nnc2n1CC[C@H](C(F)(F)F)C2)Nc1ccccc1. The molecule has 128 valence electrons. The fraction of sp³-hybridized carbons (Fsp3) is 0.400. The highest BCUT2D eigenvalue weighted by Gasteiger charge is 2.42. The molecule has 1 atom stereocenters. The number of nitrogens with zero attached hydrogens (tertiary/aromatic N) is 3. The number of nitrogens with one attached hydrogen (secondary N) is 2. The molecule has 1 aromatic heterocycles. The number of amides is 2. The van der Waals surface area contributed by atoms with Crippen LogP contribution in [0.15, 0.2) is 30.3 Å². The molecular weight excluding hydrogens is 323 g/mol. The molecule has 0 aliphatic carbocycles. The molecule has 0 fully saturated rings. The molecule has 1 aromatic carbocycles. The number of hydrogen-bond donors (Lipinski definition) is 2. The van der Waals surface area contributed by atoms with E-state index in [9.17, 15) is 18.0 Å². The first kappa shape index (κ1) is 16.3. The van der Waals surface area contributed by atoms with E-state index in [2.05, 4.69) is 20.8 Å². The molecule has 1 aliphatic rings. The highest BCUT2D eigenvalue weighted by molar-refractivity contribution is 5.89. The number of aromatic nitrogens is 3. The van der Waals surface area contributed by atoms with E-state index in [1.807, 2.05) is 6.07 Å². The average molecular weight is 339 g/mol. The molecule has 2 aromatic rings. The van der Waals surface area contributed by atoms with Crippen LogP contribution in [0, 0.1) is 5.92 Å². The van der Waals surface area contributed by atoms with Gasteiger partial charge in [-0.1, -0.05) is 18.2 Å². The Bertz CT molecular complexity index is 714. The van der Waals surface area contributed by atoms with E-state index >= 15 is 0 Å². The number of urea groups is 1. The van der Waals surface area contributed by atoms with Gasteiger partial charge in [-0.05, 0) is 18.6 Å². The summed E-state index contributed by atoms with van der Waals surface area (Å²) in [5, 5.41) is 13.0. The Kier molecular flexibility index (Phi) is 4.41. The van der Waals surface area contributed by atoms with Gasteiger partial charge in [0.15, 0.2) is 5.82 Å². The van der Waals surface area contributed by atoms with Crippen LogP contribution in [-0.4, -0.2) is 27.0 Å². The molecule has 0 radical (unpaired) electrons. The maximum Gasteiger partial charge on any atom is 0.392 e. The van der Waals surface area contributed by atoms with Gasteiger partial charge in [0.25, 0.3) is 0 Å². The van der Waals surface area contributed by atoms with Gasteiger partial charge in [-0.2, -0.15) is 13.2 Å². The minimum absolute atomic E-state index is 0.00223. The maximum atomic E-state index is 12.8. The highest BCUT2D eigenvalue weighted by Crippen LogP contribution is 2.34. The van der Waals surface area contributed by atoms with Crippen molar-refractivity contribution in [3.63, 3.8) is 0 Å². The van der Waals surface area contributed by atoms with Gasteiger partial charge in [0.2, 0.25) is 0 Å². The molecule has 2 amide bonds. The Morgan fingerprint density at radius 1 is 1.25 bits per heavy atom. The Balaban J connectivity index is 1.58. The minimum Gasteiger partial charge on any atom is -0.331 e.